The Morgan fingerprint density at radius 2 is 2.22 bits per heavy atom. The quantitative estimate of drug-likeness (QED) is 0.516. The van der Waals surface area contributed by atoms with Crippen molar-refractivity contribution in [3.8, 4) is 0 Å². The first kappa shape index (κ1) is 22.1. The van der Waals surface area contributed by atoms with Crippen LogP contribution in [0.2, 0.25) is 5.02 Å². The molecule has 1 saturated heterocycles. The van der Waals surface area contributed by atoms with Crippen molar-refractivity contribution < 1.29 is 13.9 Å². The molecule has 0 amide bonds. The Morgan fingerprint density at radius 3 is 3.03 bits per heavy atom. The van der Waals surface area contributed by atoms with Crippen molar-refractivity contribution in [1.29, 1.82) is 0 Å². The third-order valence-corrected chi connectivity index (χ3v) is 5.57. The molecule has 0 saturated carbocycles. The van der Waals surface area contributed by atoms with Crippen LogP contribution < -0.4 is 15.5 Å². The van der Waals surface area contributed by atoms with Crippen LogP contribution >= 0.6 is 11.6 Å². The summed E-state index contributed by atoms with van der Waals surface area (Å²) in [4.78, 5) is 31.2. The Balaban J connectivity index is 1.51. The molecule has 0 aliphatic carbocycles. The number of piperidine rings is 1. The first-order valence-electron chi connectivity index (χ1n) is 10.3. The Kier molecular flexibility index (Phi) is 6.91. The van der Waals surface area contributed by atoms with E-state index in [-0.39, 0.29) is 17.5 Å². The van der Waals surface area contributed by atoms with E-state index in [0.29, 0.717) is 40.9 Å². The SMILES string of the molecule is COC(=O)CNCC1CCCN(c2ncc3ncnc(Nc4ccc(F)c(Cl)c4)c3n2)C1. The molecule has 1 aliphatic heterocycles. The van der Waals surface area contributed by atoms with Crippen molar-refractivity contribution in [2.45, 2.75) is 12.8 Å². The molecule has 0 spiro atoms. The predicted octanol–water partition coefficient (Wildman–Crippen LogP) is 2.93. The number of nitrogens with one attached hydrogen (secondary N) is 2. The van der Waals surface area contributed by atoms with Crippen molar-refractivity contribution in [2.75, 3.05) is 43.5 Å². The minimum Gasteiger partial charge on any atom is -0.468 e. The van der Waals surface area contributed by atoms with Crippen LogP contribution in [0.5, 0.6) is 0 Å². The maximum absolute atomic E-state index is 13.5. The zero-order chi connectivity index (χ0) is 22.5. The number of esters is 1. The number of halogens is 2. The van der Waals surface area contributed by atoms with E-state index in [9.17, 15) is 9.18 Å². The predicted molar refractivity (Wildman–Crippen MR) is 120 cm³/mol. The van der Waals surface area contributed by atoms with Crippen LogP contribution in [-0.4, -0.2) is 59.2 Å². The lowest BCUT2D eigenvalue weighted by Gasteiger charge is -2.32. The first-order valence-corrected chi connectivity index (χ1v) is 10.6. The third-order valence-electron chi connectivity index (χ3n) is 5.28. The van der Waals surface area contributed by atoms with Gasteiger partial charge in [0.25, 0.3) is 0 Å². The van der Waals surface area contributed by atoms with Gasteiger partial charge in [0.1, 0.15) is 23.2 Å². The molecule has 3 heterocycles. The van der Waals surface area contributed by atoms with E-state index in [4.69, 9.17) is 16.6 Å². The summed E-state index contributed by atoms with van der Waals surface area (Å²) in [7, 11) is 1.38. The Hall–Kier alpha value is -3.11. The highest BCUT2D eigenvalue weighted by Crippen LogP contribution is 2.27. The average molecular weight is 460 g/mol. The first-order chi connectivity index (χ1) is 15.5. The summed E-state index contributed by atoms with van der Waals surface area (Å²) < 4.78 is 18.1. The molecule has 168 valence electrons. The highest BCUT2D eigenvalue weighted by molar-refractivity contribution is 6.31. The number of benzene rings is 1. The van der Waals surface area contributed by atoms with Gasteiger partial charge in [-0.3, -0.25) is 4.79 Å². The summed E-state index contributed by atoms with van der Waals surface area (Å²) in [5.41, 5.74) is 1.74. The lowest BCUT2D eigenvalue weighted by Crippen LogP contribution is -2.41. The zero-order valence-electron chi connectivity index (χ0n) is 17.5. The van der Waals surface area contributed by atoms with Crippen molar-refractivity contribution >= 4 is 46.1 Å². The number of hydrogen-bond donors (Lipinski definition) is 2. The van der Waals surface area contributed by atoms with E-state index in [1.807, 2.05) is 0 Å². The second kappa shape index (κ2) is 10.0. The van der Waals surface area contributed by atoms with Gasteiger partial charge in [-0.1, -0.05) is 11.6 Å². The second-order valence-electron chi connectivity index (χ2n) is 7.54. The highest BCUT2D eigenvalue weighted by Gasteiger charge is 2.22. The summed E-state index contributed by atoms with van der Waals surface area (Å²) in [5.74, 6) is 0.659. The number of hydrogen-bond acceptors (Lipinski definition) is 9. The van der Waals surface area contributed by atoms with Crippen LogP contribution in [0.25, 0.3) is 11.0 Å². The number of carbonyl (C=O) groups is 1. The molecule has 1 aliphatic rings. The Morgan fingerprint density at radius 1 is 1.34 bits per heavy atom. The number of anilines is 3. The van der Waals surface area contributed by atoms with E-state index >= 15 is 0 Å². The van der Waals surface area contributed by atoms with Crippen LogP contribution in [0.4, 0.5) is 21.8 Å². The van der Waals surface area contributed by atoms with Gasteiger partial charge in [0.05, 0.1) is 24.9 Å². The fourth-order valence-corrected chi connectivity index (χ4v) is 3.84. The average Bonchev–Trinajstić information content (AvgIpc) is 2.81. The number of carbonyl (C=O) groups excluding carboxylic acids is 1. The van der Waals surface area contributed by atoms with Gasteiger partial charge in [-0.05, 0) is 37.0 Å². The van der Waals surface area contributed by atoms with Crippen LogP contribution in [0.1, 0.15) is 12.8 Å². The molecule has 1 fully saturated rings. The van der Waals surface area contributed by atoms with E-state index < -0.39 is 5.82 Å². The van der Waals surface area contributed by atoms with E-state index in [0.717, 1.165) is 25.9 Å². The van der Waals surface area contributed by atoms with Gasteiger partial charge in [0.15, 0.2) is 5.82 Å². The molecule has 1 unspecified atom stereocenters. The van der Waals surface area contributed by atoms with Gasteiger partial charge >= 0.3 is 5.97 Å². The lowest BCUT2D eigenvalue weighted by molar-refractivity contribution is -0.139. The molecule has 11 heteroatoms. The van der Waals surface area contributed by atoms with Crippen molar-refractivity contribution in [3.05, 3.63) is 41.6 Å². The van der Waals surface area contributed by atoms with Crippen LogP contribution in [-0.2, 0) is 9.53 Å². The smallest absolute Gasteiger partial charge is 0.319 e. The van der Waals surface area contributed by atoms with E-state index in [1.165, 1.54) is 25.6 Å². The fourth-order valence-electron chi connectivity index (χ4n) is 3.66. The number of nitrogens with zero attached hydrogens (tertiary/aromatic N) is 5. The maximum Gasteiger partial charge on any atom is 0.319 e. The summed E-state index contributed by atoms with van der Waals surface area (Å²) >= 11 is 5.89. The molecule has 9 nitrogen and oxygen atoms in total. The van der Waals surface area contributed by atoms with Crippen LogP contribution in [0.3, 0.4) is 0 Å². The van der Waals surface area contributed by atoms with Gasteiger partial charge in [0, 0.05) is 25.3 Å². The molecular weight excluding hydrogens is 437 g/mol. The number of ether oxygens (including phenoxy) is 1. The van der Waals surface area contributed by atoms with Gasteiger partial charge in [-0.15, -0.1) is 0 Å². The molecule has 0 bridgehead atoms. The topological polar surface area (TPSA) is 105 Å². The van der Waals surface area contributed by atoms with E-state index in [2.05, 4.69) is 35.2 Å². The van der Waals surface area contributed by atoms with Gasteiger partial charge < -0.3 is 20.3 Å². The van der Waals surface area contributed by atoms with Crippen LogP contribution in [0, 0.1) is 11.7 Å². The largest absolute Gasteiger partial charge is 0.468 e. The van der Waals surface area contributed by atoms with Gasteiger partial charge in [0.2, 0.25) is 5.95 Å². The number of aromatic nitrogens is 4. The molecule has 1 atom stereocenters. The Bertz CT molecular complexity index is 1120. The molecular formula is C21H23ClFN7O2. The molecule has 3 aromatic rings. The van der Waals surface area contributed by atoms with Crippen molar-refractivity contribution in [3.63, 3.8) is 0 Å². The van der Waals surface area contributed by atoms with Gasteiger partial charge in [-0.2, -0.15) is 0 Å². The highest BCUT2D eigenvalue weighted by atomic mass is 35.5. The van der Waals surface area contributed by atoms with E-state index in [1.54, 1.807) is 12.3 Å². The van der Waals surface area contributed by atoms with Crippen LogP contribution in [0.15, 0.2) is 30.7 Å². The standard InChI is InChI=1S/C21H23ClFN7O2/c1-32-18(31)10-24-8-13-3-2-6-30(11-13)21-25-9-17-19(29-21)20(27-12-26-17)28-14-4-5-16(23)15(22)7-14/h4-5,7,9,12-13,24H,2-3,6,8,10-11H2,1H3,(H,26,27,28). The third kappa shape index (κ3) is 5.20. The molecule has 1 aromatic carbocycles. The Labute approximate surface area is 189 Å². The zero-order valence-corrected chi connectivity index (χ0v) is 18.3. The molecule has 2 N–H and O–H groups in total. The maximum atomic E-state index is 13.5. The normalized spacial score (nSPS) is 16.2. The van der Waals surface area contributed by atoms with Crippen molar-refractivity contribution in [1.82, 2.24) is 25.3 Å². The molecule has 0 radical (unpaired) electrons. The summed E-state index contributed by atoms with van der Waals surface area (Å²) in [6.07, 6.45) is 5.14. The fraction of sp³-hybridized carbons (Fsp3) is 0.381. The molecule has 4 rings (SSSR count). The van der Waals surface area contributed by atoms with Gasteiger partial charge in [-0.25, -0.2) is 24.3 Å². The summed E-state index contributed by atoms with van der Waals surface area (Å²) in [6, 6.07) is 4.36. The molecule has 2 aromatic heterocycles. The lowest BCUT2D eigenvalue weighted by atomic mass is 9.98. The summed E-state index contributed by atoms with van der Waals surface area (Å²) in [5, 5.41) is 6.29. The number of methoxy groups -OCH3 is 1. The second-order valence-corrected chi connectivity index (χ2v) is 7.95. The number of fused-ring (bicyclic) bond motifs is 1. The number of rotatable bonds is 7. The molecule has 32 heavy (non-hydrogen) atoms. The van der Waals surface area contributed by atoms with Crippen molar-refractivity contribution in [2.24, 2.45) is 5.92 Å². The monoisotopic (exact) mass is 459 g/mol. The summed E-state index contributed by atoms with van der Waals surface area (Å²) in [6.45, 7) is 2.51. The minimum atomic E-state index is -0.491. The minimum absolute atomic E-state index is 0.0174.